The fourth-order valence-electron chi connectivity index (χ4n) is 3.70. The third-order valence-corrected chi connectivity index (χ3v) is 7.61. The molecule has 39 heavy (non-hydrogen) atoms. The van der Waals surface area contributed by atoms with E-state index in [0.29, 0.717) is 17.8 Å². The summed E-state index contributed by atoms with van der Waals surface area (Å²) in [4.78, 5) is 31.8. The topological polar surface area (TPSA) is 147 Å². The van der Waals surface area contributed by atoms with Gasteiger partial charge in [-0.2, -0.15) is 8.42 Å². The Balaban J connectivity index is 1.85. The standard InChI is InChI=1S/C26H34N4O6S3/c1-16(2)13-19(29-25(32)36-26(3,4)5)23(31)27-20(24-28-21(15-38-24)22-7-6-12-37-22)14-17-8-10-18(11-9-17)30-39(33,34)35/h6-12,15-16,19-20,30H,13-14H2,1-5H3,(H,27,31)(H,29,32)(H,33,34,35)/t19-,20-/m0/s1. The van der Waals surface area contributed by atoms with Crippen molar-refractivity contribution in [2.45, 2.75) is 65.1 Å². The second kappa shape index (κ2) is 12.9. The van der Waals surface area contributed by atoms with Gasteiger partial charge in [-0.25, -0.2) is 9.78 Å². The first kappa shape index (κ1) is 30.5. The molecule has 2 heterocycles. The highest BCUT2D eigenvalue weighted by molar-refractivity contribution is 7.87. The number of anilines is 1. The fraction of sp³-hybridized carbons (Fsp3) is 0.423. The predicted octanol–water partition coefficient (Wildman–Crippen LogP) is 5.43. The molecule has 0 aliphatic rings. The third-order valence-electron chi connectivity index (χ3n) is 5.27. The molecule has 4 N–H and O–H groups in total. The highest BCUT2D eigenvalue weighted by Gasteiger charge is 2.28. The molecule has 13 heteroatoms. The number of aromatic nitrogens is 1. The number of carbonyl (C=O) groups excluding carboxylic acids is 2. The lowest BCUT2D eigenvalue weighted by atomic mass is 10.0. The summed E-state index contributed by atoms with van der Waals surface area (Å²) in [5.41, 5.74) is 1.10. The Morgan fingerprint density at radius 2 is 1.77 bits per heavy atom. The second-order valence-corrected chi connectivity index (χ2v) is 13.4. The summed E-state index contributed by atoms with van der Waals surface area (Å²) in [6.07, 6.45) is 0.0957. The number of nitrogens with one attached hydrogen (secondary N) is 3. The van der Waals surface area contributed by atoms with Crippen LogP contribution >= 0.6 is 22.7 Å². The number of thiophene rings is 1. The number of nitrogens with zero attached hydrogens (tertiary/aromatic N) is 1. The molecule has 0 bridgehead atoms. The molecule has 0 spiro atoms. The van der Waals surface area contributed by atoms with Gasteiger partial charge in [0.2, 0.25) is 5.91 Å². The molecule has 3 aromatic rings. The summed E-state index contributed by atoms with van der Waals surface area (Å²) in [5, 5.41) is 10.4. The number of hydrogen-bond donors (Lipinski definition) is 4. The first-order valence-electron chi connectivity index (χ1n) is 12.3. The van der Waals surface area contributed by atoms with Crippen LogP contribution in [0, 0.1) is 5.92 Å². The molecule has 0 radical (unpaired) electrons. The number of rotatable bonds is 11. The van der Waals surface area contributed by atoms with Crippen molar-refractivity contribution in [3.8, 4) is 10.6 Å². The molecule has 2 amide bonds. The second-order valence-electron chi connectivity index (χ2n) is 10.4. The van der Waals surface area contributed by atoms with Gasteiger partial charge in [0.1, 0.15) is 16.7 Å². The summed E-state index contributed by atoms with van der Waals surface area (Å²) in [6, 6.07) is 9.02. The van der Waals surface area contributed by atoms with Crippen LogP contribution in [0.25, 0.3) is 10.6 Å². The number of benzene rings is 1. The molecule has 2 aromatic heterocycles. The molecule has 0 aliphatic carbocycles. The minimum absolute atomic E-state index is 0.127. The Morgan fingerprint density at radius 1 is 1.08 bits per heavy atom. The van der Waals surface area contributed by atoms with Crippen molar-refractivity contribution in [2.75, 3.05) is 4.72 Å². The first-order valence-corrected chi connectivity index (χ1v) is 15.5. The van der Waals surface area contributed by atoms with E-state index in [9.17, 15) is 18.0 Å². The summed E-state index contributed by atoms with van der Waals surface area (Å²) in [6.45, 7) is 9.19. The largest absolute Gasteiger partial charge is 0.444 e. The van der Waals surface area contributed by atoms with E-state index in [0.717, 1.165) is 16.1 Å². The lowest BCUT2D eigenvalue weighted by Gasteiger charge is -2.26. The summed E-state index contributed by atoms with van der Waals surface area (Å²) < 4.78 is 38.6. The van der Waals surface area contributed by atoms with E-state index in [1.165, 1.54) is 23.5 Å². The van der Waals surface area contributed by atoms with Crippen molar-refractivity contribution < 1.29 is 27.3 Å². The van der Waals surface area contributed by atoms with E-state index in [2.05, 4.69) is 10.6 Å². The molecule has 1 aromatic carbocycles. The van der Waals surface area contributed by atoms with E-state index in [1.807, 2.05) is 41.5 Å². The fourth-order valence-corrected chi connectivity index (χ4v) is 5.77. The number of amides is 2. The van der Waals surface area contributed by atoms with E-state index in [1.54, 1.807) is 44.2 Å². The summed E-state index contributed by atoms with van der Waals surface area (Å²) in [5.74, 6) is -0.237. The van der Waals surface area contributed by atoms with Crippen molar-refractivity contribution in [2.24, 2.45) is 5.92 Å². The van der Waals surface area contributed by atoms with E-state index < -0.39 is 34.1 Å². The number of thiazole rings is 1. The number of ether oxygens (including phenoxy) is 1. The molecule has 0 saturated heterocycles. The maximum atomic E-state index is 13.5. The quantitative estimate of drug-likeness (QED) is 0.217. The van der Waals surface area contributed by atoms with Crippen LogP contribution in [0.2, 0.25) is 0 Å². The molecule has 0 saturated carbocycles. The smallest absolute Gasteiger partial charge is 0.408 e. The Morgan fingerprint density at radius 3 is 2.33 bits per heavy atom. The lowest BCUT2D eigenvalue weighted by molar-refractivity contribution is -0.124. The van der Waals surface area contributed by atoms with Crippen LogP contribution in [0.4, 0.5) is 10.5 Å². The van der Waals surface area contributed by atoms with Gasteiger partial charge < -0.3 is 15.4 Å². The van der Waals surface area contributed by atoms with Gasteiger partial charge in [0.25, 0.3) is 0 Å². The average Bonchev–Trinajstić information content (AvgIpc) is 3.49. The van der Waals surface area contributed by atoms with Crippen LogP contribution in [0.3, 0.4) is 0 Å². The van der Waals surface area contributed by atoms with Gasteiger partial charge in [-0.1, -0.05) is 32.0 Å². The Hall–Kier alpha value is -3.00. The zero-order valence-electron chi connectivity index (χ0n) is 22.4. The van der Waals surface area contributed by atoms with E-state index in [-0.39, 0.29) is 17.5 Å². The summed E-state index contributed by atoms with van der Waals surface area (Å²) in [7, 11) is -4.39. The summed E-state index contributed by atoms with van der Waals surface area (Å²) >= 11 is 2.99. The van der Waals surface area contributed by atoms with Crippen molar-refractivity contribution in [3.63, 3.8) is 0 Å². The van der Waals surface area contributed by atoms with Crippen LogP contribution in [0.15, 0.2) is 47.2 Å². The minimum Gasteiger partial charge on any atom is -0.444 e. The number of alkyl carbamates (subject to hydrolysis) is 1. The van der Waals surface area contributed by atoms with Gasteiger partial charge in [-0.3, -0.25) is 14.1 Å². The Labute approximate surface area is 237 Å². The molecule has 3 rings (SSSR count). The van der Waals surface area contributed by atoms with Crippen LogP contribution in [0.1, 0.15) is 57.7 Å². The molecular weight excluding hydrogens is 561 g/mol. The van der Waals surface area contributed by atoms with Crippen molar-refractivity contribution >= 4 is 50.7 Å². The monoisotopic (exact) mass is 594 g/mol. The SMILES string of the molecule is CC(C)C[C@H](NC(=O)OC(C)(C)C)C(=O)N[C@@H](Cc1ccc(NS(=O)(=O)O)cc1)c1nc(-c2cccs2)cs1. The van der Waals surface area contributed by atoms with E-state index >= 15 is 0 Å². The Kier molecular flexibility index (Phi) is 10.1. The van der Waals surface area contributed by atoms with Gasteiger partial charge in [-0.05, 0) is 68.7 Å². The van der Waals surface area contributed by atoms with Gasteiger partial charge in [-0.15, -0.1) is 22.7 Å². The number of hydrogen-bond acceptors (Lipinski definition) is 8. The maximum absolute atomic E-state index is 13.5. The molecule has 10 nitrogen and oxygen atoms in total. The van der Waals surface area contributed by atoms with Gasteiger partial charge in [0.15, 0.2) is 0 Å². The molecule has 0 aliphatic heterocycles. The molecule has 0 unspecified atom stereocenters. The third kappa shape index (κ3) is 10.2. The zero-order valence-corrected chi connectivity index (χ0v) is 24.9. The maximum Gasteiger partial charge on any atom is 0.408 e. The highest BCUT2D eigenvalue weighted by Crippen LogP contribution is 2.30. The van der Waals surface area contributed by atoms with Crippen LogP contribution in [-0.2, 0) is 26.3 Å². The van der Waals surface area contributed by atoms with Crippen molar-refractivity contribution in [3.05, 3.63) is 57.7 Å². The first-order chi connectivity index (χ1) is 18.2. The minimum atomic E-state index is -4.39. The van der Waals surface area contributed by atoms with Crippen molar-refractivity contribution in [1.29, 1.82) is 0 Å². The highest BCUT2D eigenvalue weighted by atomic mass is 32.2. The number of carbonyl (C=O) groups is 2. The van der Waals surface area contributed by atoms with Gasteiger partial charge >= 0.3 is 16.4 Å². The lowest BCUT2D eigenvalue weighted by Crippen LogP contribution is -2.49. The van der Waals surface area contributed by atoms with E-state index in [4.69, 9.17) is 14.3 Å². The molecular formula is C26H34N4O6S3. The molecule has 0 fully saturated rings. The molecule has 212 valence electrons. The normalized spacial score (nSPS) is 13.5. The van der Waals surface area contributed by atoms with Gasteiger partial charge in [0.05, 0.1) is 22.3 Å². The van der Waals surface area contributed by atoms with Crippen LogP contribution < -0.4 is 15.4 Å². The predicted molar refractivity (Wildman–Crippen MR) is 154 cm³/mol. The molecule has 2 atom stereocenters. The van der Waals surface area contributed by atoms with Gasteiger partial charge in [0, 0.05) is 5.38 Å². The Bertz CT molecular complexity index is 1350. The van der Waals surface area contributed by atoms with Crippen LogP contribution in [-0.4, -0.2) is 41.6 Å². The van der Waals surface area contributed by atoms with Crippen LogP contribution in [0.5, 0.6) is 0 Å². The average molecular weight is 595 g/mol. The zero-order chi connectivity index (χ0) is 28.8. The van der Waals surface area contributed by atoms with Crippen molar-refractivity contribution in [1.82, 2.24) is 15.6 Å².